The molecule has 0 fully saturated rings. The lowest BCUT2D eigenvalue weighted by atomic mass is 10.1. The van der Waals surface area contributed by atoms with E-state index in [1.807, 2.05) is 0 Å². The highest BCUT2D eigenvalue weighted by Gasteiger charge is 2.30. The molecule has 6 nitrogen and oxygen atoms in total. The fourth-order valence-corrected chi connectivity index (χ4v) is 2.02. The van der Waals surface area contributed by atoms with E-state index in [-0.39, 0.29) is 12.3 Å². The topological polar surface area (TPSA) is 76.7 Å². The number of rotatable bonds is 7. The Morgan fingerprint density at radius 3 is 2.55 bits per heavy atom. The fraction of sp³-hybridized carbons (Fsp3) is 0.467. The van der Waals surface area contributed by atoms with Crippen LogP contribution in [0.15, 0.2) is 18.2 Å². The van der Waals surface area contributed by atoms with E-state index in [0.29, 0.717) is 23.0 Å². The molecule has 0 saturated carbocycles. The summed E-state index contributed by atoms with van der Waals surface area (Å²) in [7, 11) is 2.84. The van der Waals surface area contributed by atoms with Crippen LogP contribution in [-0.2, 0) is 14.3 Å². The molecule has 0 spiro atoms. The monoisotopic (exact) mass is 328 g/mol. The predicted molar refractivity (Wildman–Crippen MR) is 85.3 cm³/mol. The van der Waals surface area contributed by atoms with E-state index in [0.717, 1.165) is 0 Å². The first-order valence-electron chi connectivity index (χ1n) is 6.77. The summed E-state index contributed by atoms with van der Waals surface area (Å²) < 4.78 is 9.83. The van der Waals surface area contributed by atoms with Gasteiger partial charge in [0.05, 0.1) is 19.9 Å². The van der Waals surface area contributed by atoms with Gasteiger partial charge in [-0.1, -0.05) is 11.6 Å². The van der Waals surface area contributed by atoms with Crippen molar-refractivity contribution >= 4 is 29.2 Å². The Balaban J connectivity index is 2.52. The maximum atomic E-state index is 11.9. The number of carbonyl (C=O) groups is 2. The second-order valence-corrected chi connectivity index (χ2v) is 5.62. The van der Waals surface area contributed by atoms with Crippen molar-refractivity contribution in [1.29, 1.82) is 0 Å². The molecule has 2 N–H and O–H groups in total. The van der Waals surface area contributed by atoms with E-state index in [9.17, 15) is 9.59 Å². The van der Waals surface area contributed by atoms with Crippen molar-refractivity contribution in [2.24, 2.45) is 0 Å². The van der Waals surface area contributed by atoms with Gasteiger partial charge in [-0.05, 0) is 32.0 Å². The lowest BCUT2D eigenvalue weighted by molar-refractivity contribution is -0.149. The zero-order valence-electron chi connectivity index (χ0n) is 13.2. The van der Waals surface area contributed by atoms with E-state index in [1.165, 1.54) is 7.11 Å². The Hall–Kier alpha value is -1.95. The average Bonchev–Trinajstić information content (AvgIpc) is 2.46. The second kappa shape index (κ2) is 7.89. The third-order valence-corrected chi connectivity index (χ3v) is 3.21. The van der Waals surface area contributed by atoms with Crippen LogP contribution in [0, 0.1) is 0 Å². The molecule has 7 heteroatoms. The molecular weight excluding hydrogens is 308 g/mol. The van der Waals surface area contributed by atoms with Gasteiger partial charge in [-0.25, -0.2) is 4.79 Å². The molecule has 0 aliphatic carbocycles. The summed E-state index contributed by atoms with van der Waals surface area (Å²) >= 11 is 5.93. The summed E-state index contributed by atoms with van der Waals surface area (Å²) in [5, 5.41) is 6.27. The van der Waals surface area contributed by atoms with Gasteiger partial charge in [0.15, 0.2) is 0 Å². The number of esters is 1. The van der Waals surface area contributed by atoms with Crippen molar-refractivity contribution in [3.8, 4) is 5.75 Å². The Bertz CT molecular complexity index is 546. The first-order valence-corrected chi connectivity index (χ1v) is 7.15. The van der Waals surface area contributed by atoms with E-state index in [2.05, 4.69) is 15.4 Å². The number of methoxy groups -OCH3 is 2. The summed E-state index contributed by atoms with van der Waals surface area (Å²) in [6.07, 6.45) is 0.191. The number of hydrogen-bond acceptors (Lipinski definition) is 5. The minimum absolute atomic E-state index is 0.191. The average molecular weight is 329 g/mol. The third kappa shape index (κ3) is 5.11. The van der Waals surface area contributed by atoms with E-state index in [1.54, 1.807) is 39.2 Å². The molecule has 0 aromatic heterocycles. The zero-order valence-corrected chi connectivity index (χ0v) is 13.9. The van der Waals surface area contributed by atoms with Crippen LogP contribution >= 0.6 is 11.6 Å². The van der Waals surface area contributed by atoms with Crippen molar-refractivity contribution in [2.45, 2.75) is 25.8 Å². The molecule has 122 valence electrons. The molecule has 0 bridgehead atoms. The van der Waals surface area contributed by atoms with Crippen molar-refractivity contribution in [3.63, 3.8) is 0 Å². The number of amides is 1. The molecule has 1 amide bonds. The Labute approximate surface area is 135 Å². The molecular formula is C15H21ClN2O4. The largest absolute Gasteiger partial charge is 0.495 e. The Kier molecular flexibility index (Phi) is 6.49. The number of halogens is 1. The van der Waals surface area contributed by atoms with Crippen LogP contribution in [0.2, 0.25) is 5.02 Å². The number of benzene rings is 1. The van der Waals surface area contributed by atoms with E-state index >= 15 is 0 Å². The minimum Gasteiger partial charge on any atom is -0.495 e. The van der Waals surface area contributed by atoms with Crippen LogP contribution < -0.4 is 15.4 Å². The highest BCUT2D eigenvalue weighted by molar-refractivity contribution is 6.30. The lowest BCUT2D eigenvalue weighted by Gasteiger charge is -2.23. The third-order valence-electron chi connectivity index (χ3n) is 2.98. The van der Waals surface area contributed by atoms with Crippen molar-refractivity contribution < 1.29 is 19.1 Å². The van der Waals surface area contributed by atoms with Crippen molar-refractivity contribution in [2.75, 3.05) is 26.1 Å². The normalized spacial score (nSPS) is 10.8. The zero-order chi connectivity index (χ0) is 16.8. The van der Waals surface area contributed by atoms with Gasteiger partial charge in [0.2, 0.25) is 5.91 Å². The van der Waals surface area contributed by atoms with Gasteiger partial charge in [-0.2, -0.15) is 0 Å². The summed E-state index contributed by atoms with van der Waals surface area (Å²) in [6.45, 7) is 3.55. The summed E-state index contributed by atoms with van der Waals surface area (Å²) in [5.41, 5.74) is -0.352. The molecule has 0 unspecified atom stereocenters. The summed E-state index contributed by atoms with van der Waals surface area (Å²) in [4.78, 5) is 23.4. The van der Waals surface area contributed by atoms with E-state index in [4.69, 9.17) is 16.3 Å². The lowest BCUT2D eigenvalue weighted by Crippen LogP contribution is -2.50. The summed E-state index contributed by atoms with van der Waals surface area (Å²) in [6, 6.07) is 5.18. The van der Waals surface area contributed by atoms with Crippen molar-refractivity contribution in [1.82, 2.24) is 5.32 Å². The van der Waals surface area contributed by atoms with Crippen LogP contribution in [0.5, 0.6) is 5.75 Å². The highest BCUT2D eigenvalue weighted by atomic mass is 35.5. The highest BCUT2D eigenvalue weighted by Crippen LogP contribution is 2.27. The van der Waals surface area contributed by atoms with Crippen LogP contribution in [0.1, 0.15) is 20.3 Å². The molecule has 0 atom stereocenters. The molecule has 0 radical (unpaired) electrons. The predicted octanol–water partition coefficient (Wildman–Crippen LogP) is 2.22. The minimum atomic E-state index is -1.06. The van der Waals surface area contributed by atoms with Gasteiger partial charge in [0.25, 0.3) is 0 Å². The molecule has 0 saturated heterocycles. The number of carbonyl (C=O) groups excluding carboxylic acids is 2. The maximum absolute atomic E-state index is 11.9. The van der Waals surface area contributed by atoms with Gasteiger partial charge in [-0.15, -0.1) is 0 Å². The number of hydrogen-bond donors (Lipinski definition) is 2. The first-order chi connectivity index (χ1) is 10.3. The molecule has 1 aromatic carbocycles. The van der Waals surface area contributed by atoms with Gasteiger partial charge in [0, 0.05) is 18.0 Å². The molecule has 0 aliphatic rings. The smallest absolute Gasteiger partial charge is 0.330 e. The summed E-state index contributed by atoms with van der Waals surface area (Å²) in [5.74, 6) is -0.117. The van der Waals surface area contributed by atoms with Crippen molar-refractivity contribution in [3.05, 3.63) is 23.2 Å². The first kappa shape index (κ1) is 18.1. The molecule has 0 aliphatic heterocycles. The number of anilines is 1. The SMILES string of the molecule is COC(=O)C(C)(C)NC(=O)CCNc1cc(Cl)ccc1OC. The Morgan fingerprint density at radius 2 is 1.95 bits per heavy atom. The van der Waals surface area contributed by atoms with Crippen LogP contribution in [-0.4, -0.2) is 38.2 Å². The molecule has 1 rings (SSSR count). The number of nitrogens with one attached hydrogen (secondary N) is 2. The molecule has 22 heavy (non-hydrogen) atoms. The molecule has 1 aromatic rings. The van der Waals surface area contributed by atoms with Crippen LogP contribution in [0.3, 0.4) is 0 Å². The van der Waals surface area contributed by atoms with Gasteiger partial charge in [-0.3, -0.25) is 4.79 Å². The second-order valence-electron chi connectivity index (χ2n) is 5.19. The van der Waals surface area contributed by atoms with Crippen LogP contribution in [0.25, 0.3) is 0 Å². The molecule has 0 heterocycles. The number of ether oxygens (including phenoxy) is 2. The standard InChI is InChI=1S/C15H21ClN2O4/c1-15(2,14(20)22-4)18-13(19)7-8-17-11-9-10(16)5-6-12(11)21-3/h5-6,9,17H,7-8H2,1-4H3,(H,18,19). The van der Waals surface area contributed by atoms with Crippen LogP contribution in [0.4, 0.5) is 5.69 Å². The van der Waals surface area contributed by atoms with Gasteiger partial charge in [0.1, 0.15) is 11.3 Å². The van der Waals surface area contributed by atoms with E-state index < -0.39 is 11.5 Å². The van der Waals surface area contributed by atoms with Gasteiger partial charge < -0.3 is 20.1 Å². The quantitative estimate of drug-likeness (QED) is 0.750. The fourth-order valence-electron chi connectivity index (χ4n) is 1.85. The van der Waals surface area contributed by atoms with Gasteiger partial charge >= 0.3 is 5.97 Å². The maximum Gasteiger partial charge on any atom is 0.330 e. The Morgan fingerprint density at radius 1 is 1.27 bits per heavy atom.